The first-order valence-electron chi connectivity index (χ1n) is 6.73. The lowest BCUT2D eigenvalue weighted by Gasteiger charge is -2.23. The molecule has 1 aromatic carbocycles. The number of nitrogens with one attached hydrogen (secondary N) is 1. The Morgan fingerprint density at radius 2 is 2.05 bits per heavy atom. The number of hydrogen-bond acceptors (Lipinski definition) is 3. The summed E-state index contributed by atoms with van der Waals surface area (Å²) < 4.78 is 40.4. The van der Waals surface area contributed by atoms with Gasteiger partial charge in [-0.2, -0.15) is 0 Å². The molecule has 3 nitrogen and oxygen atoms in total. The lowest BCUT2D eigenvalue weighted by Crippen LogP contribution is -2.34. The average molecular weight is 289 g/mol. The number of alkyl halides is 3. The zero-order valence-electron chi connectivity index (χ0n) is 11.0. The molecule has 0 saturated carbocycles. The first-order chi connectivity index (χ1) is 9.46. The van der Waals surface area contributed by atoms with Crippen LogP contribution in [0.1, 0.15) is 37.4 Å². The van der Waals surface area contributed by atoms with Crippen LogP contribution < -0.4 is 10.1 Å². The summed E-state index contributed by atoms with van der Waals surface area (Å²) >= 11 is 0. The molecule has 0 bridgehead atoms. The van der Waals surface area contributed by atoms with Crippen molar-refractivity contribution in [3.63, 3.8) is 0 Å². The standard InChI is InChI=1S/C14H18F3NO2/c15-14(16,17)20-11-6-4-5-10(9-11)13(19)12-7-2-1-3-8-18-12/h4-6,9,12-13,18-19H,1-3,7-8H2. The van der Waals surface area contributed by atoms with Crippen LogP contribution in [0, 0.1) is 0 Å². The first kappa shape index (κ1) is 15.1. The largest absolute Gasteiger partial charge is 0.573 e. The van der Waals surface area contributed by atoms with Crippen molar-refractivity contribution in [2.75, 3.05) is 6.54 Å². The van der Waals surface area contributed by atoms with Crippen molar-refractivity contribution in [2.24, 2.45) is 0 Å². The fourth-order valence-electron chi connectivity index (χ4n) is 2.45. The molecule has 1 aliphatic heterocycles. The van der Waals surface area contributed by atoms with Crippen LogP contribution in [0.3, 0.4) is 0 Å². The van der Waals surface area contributed by atoms with Gasteiger partial charge in [-0.05, 0) is 37.1 Å². The van der Waals surface area contributed by atoms with Gasteiger partial charge in [-0.1, -0.05) is 25.0 Å². The Balaban J connectivity index is 2.09. The zero-order valence-corrected chi connectivity index (χ0v) is 11.0. The molecule has 1 aliphatic rings. The predicted molar refractivity (Wildman–Crippen MR) is 68.3 cm³/mol. The summed E-state index contributed by atoms with van der Waals surface area (Å²) in [5.74, 6) is -0.303. The van der Waals surface area contributed by atoms with E-state index < -0.39 is 12.5 Å². The monoisotopic (exact) mass is 289 g/mol. The average Bonchev–Trinajstić information content (AvgIpc) is 2.65. The van der Waals surface area contributed by atoms with Crippen molar-refractivity contribution >= 4 is 0 Å². The van der Waals surface area contributed by atoms with Gasteiger partial charge in [-0.3, -0.25) is 0 Å². The Hall–Kier alpha value is -1.27. The Kier molecular flexibility index (Phi) is 4.88. The third kappa shape index (κ3) is 4.38. The SMILES string of the molecule is OC(c1cccc(OC(F)(F)F)c1)C1CCCCCN1. The van der Waals surface area contributed by atoms with Gasteiger partial charge in [0.2, 0.25) is 0 Å². The minimum absolute atomic E-state index is 0.126. The second-order valence-electron chi connectivity index (χ2n) is 4.98. The summed E-state index contributed by atoms with van der Waals surface area (Å²) in [5, 5.41) is 13.5. The maximum absolute atomic E-state index is 12.2. The Morgan fingerprint density at radius 1 is 1.25 bits per heavy atom. The van der Waals surface area contributed by atoms with Crippen molar-refractivity contribution in [2.45, 2.75) is 44.2 Å². The van der Waals surface area contributed by atoms with Crippen molar-refractivity contribution < 1.29 is 23.0 Å². The molecular weight excluding hydrogens is 271 g/mol. The highest BCUT2D eigenvalue weighted by molar-refractivity contribution is 5.30. The molecule has 2 unspecified atom stereocenters. The molecule has 0 aromatic heterocycles. The molecule has 20 heavy (non-hydrogen) atoms. The number of benzene rings is 1. The summed E-state index contributed by atoms with van der Waals surface area (Å²) in [6, 6.07) is 5.41. The van der Waals surface area contributed by atoms with E-state index in [2.05, 4.69) is 10.1 Å². The van der Waals surface area contributed by atoms with E-state index in [0.717, 1.165) is 32.2 Å². The molecule has 2 rings (SSSR count). The summed E-state index contributed by atoms with van der Waals surface area (Å²) in [6.45, 7) is 0.820. The molecule has 0 spiro atoms. The van der Waals surface area contributed by atoms with Crippen molar-refractivity contribution in [1.82, 2.24) is 5.32 Å². The van der Waals surface area contributed by atoms with Crippen LogP contribution in [0.4, 0.5) is 13.2 Å². The van der Waals surface area contributed by atoms with Crippen molar-refractivity contribution in [3.8, 4) is 5.75 Å². The van der Waals surface area contributed by atoms with Gasteiger partial charge in [0.05, 0.1) is 6.10 Å². The second kappa shape index (κ2) is 6.45. The summed E-state index contributed by atoms with van der Waals surface area (Å²) in [5.41, 5.74) is 0.436. The summed E-state index contributed by atoms with van der Waals surface area (Å²) in [4.78, 5) is 0. The third-order valence-corrected chi connectivity index (χ3v) is 3.41. The highest BCUT2D eigenvalue weighted by Gasteiger charge is 2.31. The number of ether oxygens (including phenoxy) is 1. The Morgan fingerprint density at radius 3 is 2.80 bits per heavy atom. The first-order valence-corrected chi connectivity index (χ1v) is 6.73. The highest BCUT2D eigenvalue weighted by atomic mass is 19.4. The maximum Gasteiger partial charge on any atom is 0.573 e. The molecule has 112 valence electrons. The number of halogens is 3. The highest BCUT2D eigenvalue weighted by Crippen LogP contribution is 2.28. The molecule has 2 atom stereocenters. The molecule has 0 amide bonds. The topological polar surface area (TPSA) is 41.5 Å². The Labute approximate surface area is 115 Å². The van der Waals surface area contributed by atoms with Crippen LogP contribution in [-0.4, -0.2) is 24.1 Å². The van der Waals surface area contributed by atoms with Crippen LogP contribution in [0.2, 0.25) is 0 Å². The molecule has 1 heterocycles. The molecule has 2 N–H and O–H groups in total. The van der Waals surface area contributed by atoms with E-state index in [4.69, 9.17) is 0 Å². The van der Waals surface area contributed by atoms with Gasteiger partial charge >= 0.3 is 6.36 Å². The van der Waals surface area contributed by atoms with E-state index in [1.165, 1.54) is 18.2 Å². The normalized spacial score (nSPS) is 22.1. The van der Waals surface area contributed by atoms with Gasteiger partial charge in [0, 0.05) is 6.04 Å². The van der Waals surface area contributed by atoms with E-state index in [-0.39, 0.29) is 11.8 Å². The van der Waals surface area contributed by atoms with Crippen LogP contribution in [0.15, 0.2) is 24.3 Å². The minimum Gasteiger partial charge on any atom is -0.406 e. The van der Waals surface area contributed by atoms with Gasteiger partial charge in [-0.15, -0.1) is 13.2 Å². The zero-order chi connectivity index (χ0) is 14.6. The lowest BCUT2D eigenvalue weighted by molar-refractivity contribution is -0.274. The smallest absolute Gasteiger partial charge is 0.406 e. The van der Waals surface area contributed by atoms with Gasteiger partial charge in [0.1, 0.15) is 5.75 Å². The number of aliphatic hydroxyl groups is 1. The number of aliphatic hydroxyl groups excluding tert-OH is 1. The van der Waals surface area contributed by atoms with E-state index in [0.29, 0.717) is 5.56 Å². The van der Waals surface area contributed by atoms with E-state index in [1.54, 1.807) is 6.07 Å². The van der Waals surface area contributed by atoms with E-state index in [1.807, 2.05) is 0 Å². The third-order valence-electron chi connectivity index (χ3n) is 3.41. The molecule has 1 fully saturated rings. The van der Waals surface area contributed by atoms with Crippen molar-refractivity contribution in [3.05, 3.63) is 29.8 Å². The van der Waals surface area contributed by atoms with Gasteiger partial charge in [-0.25, -0.2) is 0 Å². The molecule has 1 saturated heterocycles. The molecule has 6 heteroatoms. The van der Waals surface area contributed by atoms with E-state index >= 15 is 0 Å². The fourth-order valence-corrected chi connectivity index (χ4v) is 2.45. The van der Waals surface area contributed by atoms with Crippen LogP contribution in [0.5, 0.6) is 5.75 Å². The Bertz CT molecular complexity index is 429. The maximum atomic E-state index is 12.2. The molecule has 1 aromatic rings. The number of rotatable bonds is 3. The fraction of sp³-hybridized carbons (Fsp3) is 0.571. The lowest BCUT2D eigenvalue weighted by atomic mass is 9.98. The van der Waals surface area contributed by atoms with Gasteiger partial charge in [0.15, 0.2) is 0 Å². The van der Waals surface area contributed by atoms with Crippen molar-refractivity contribution in [1.29, 1.82) is 0 Å². The summed E-state index contributed by atoms with van der Waals surface area (Å²) in [7, 11) is 0. The van der Waals surface area contributed by atoms with Gasteiger partial charge < -0.3 is 15.2 Å². The number of hydrogen-bond donors (Lipinski definition) is 2. The van der Waals surface area contributed by atoms with E-state index in [9.17, 15) is 18.3 Å². The quantitative estimate of drug-likeness (QED) is 0.898. The van der Waals surface area contributed by atoms with Crippen LogP contribution in [0.25, 0.3) is 0 Å². The molecular formula is C14H18F3NO2. The second-order valence-corrected chi connectivity index (χ2v) is 4.98. The predicted octanol–water partition coefficient (Wildman–Crippen LogP) is 3.15. The van der Waals surface area contributed by atoms with Gasteiger partial charge in [0.25, 0.3) is 0 Å². The van der Waals surface area contributed by atoms with Crippen LogP contribution >= 0.6 is 0 Å². The minimum atomic E-state index is -4.72. The summed E-state index contributed by atoms with van der Waals surface area (Å²) in [6.07, 6.45) is -1.57. The van der Waals surface area contributed by atoms with Crippen LogP contribution in [-0.2, 0) is 0 Å². The molecule has 0 aliphatic carbocycles. The molecule has 0 radical (unpaired) electrons.